The van der Waals surface area contributed by atoms with Gasteiger partial charge in [-0.2, -0.15) is 0 Å². The standard InChI is InChI=1S/C14H20N2/c1-9(2)12(7-15)13-8-16-14-5-4-10(3)6-11(13)14/h4-6,8-9,12,16H,7,15H2,1-3H3. The monoisotopic (exact) mass is 216 g/mol. The summed E-state index contributed by atoms with van der Waals surface area (Å²) in [6.45, 7) is 7.29. The lowest BCUT2D eigenvalue weighted by atomic mass is 9.88. The maximum atomic E-state index is 5.88. The molecule has 0 aliphatic heterocycles. The molecule has 0 spiro atoms. The molecule has 1 aromatic heterocycles. The van der Waals surface area contributed by atoms with Crippen LogP contribution in [0.3, 0.4) is 0 Å². The van der Waals surface area contributed by atoms with E-state index in [1.807, 2.05) is 0 Å². The zero-order valence-corrected chi connectivity index (χ0v) is 10.2. The highest BCUT2D eigenvalue weighted by molar-refractivity contribution is 5.84. The van der Waals surface area contributed by atoms with Gasteiger partial charge in [0, 0.05) is 23.0 Å². The van der Waals surface area contributed by atoms with E-state index in [1.54, 1.807) is 0 Å². The smallest absolute Gasteiger partial charge is 0.0457 e. The zero-order chi connectivity index (χ0) is 11.7. The molecular weight excluding hydrogens is 196 g/mol. The maximum Gasteiger partial charge on any atom is 0.0457 e. The molecular formula is C14H20N2. The molecule has 0 bridgehead atoms. The summed E-state index contributed by atoms with van der Waals surface area (Å²) in [4.78, 5) is 3.33. The average Bonchev–Trinajstić information content (AvgIpc) is 2.62. The van der Waals surface area contributed by atoms with Gasteiger partial charge in [0.25, 0.3) is 0 Å². The molecule has 16 heavy (non-hydrogen) atoms. The van der Waals surface area contributed by atoms with Crippen molar-refractivity contribution >= 4 is 10.9 Å². The zero-order valence-electron chi connectivity index (χ0n) is 10.2. The van der Waals surface area contributed by atoms with Gasteiger partial charge < -0.3 is 10.7 Å². The van der Waals surface area contributed by atoms with Crippen LogP contribution in [0.25, 0.3) is 10.9 Å². The van der Waals surface area contributed by atoms with Crippen LogP contribution < -0.4 is 5.73 Å². The Balaban J connectivity index is 2.55. The highest BCUT2D eigenvalue weighted by Crippen LogP contribution is 2.30. The third-order valence-electron chi connectivity index (χ3n) is 3.33. The van der Waals surface area contributed by atoms with Crippen LogP contribution >= 0.6 is 0 Å². The number of nitrogens with one attached hydrogen (secondary N) is 1. The number of H-pyrrole nitrogens is 1. The van der Waals surface area contributed by atoms with E-state index in [4.69, 9.17) is 5.73 Å². The van der Waals surface area contributed by atoms with Gasteiger partial charge in [-0.1, -0.05) is 25.5 Å². The molecule has 2 rings (SSSR count). The average molecular weight is 216 g/mol. The SMILES string of the molecule is Cc1ccc2[nH]cc(C(CN)C(C)C)c2c1. The number of aromatic nitrogens is 1. The molecule has 0 radical (unpaired) electrons. The quantitative estimate of drug-likeness (QED) is 0.813. The van der Waals surface area contributed by atoms with E-state index in [0.29, 0.717) is 18.4 Å². The van der Waals surface area contributed by atoms with E-state index < -0.39 is 0 Å². The highest BCUT2D eigenvalue weighted by Gasteiger charge is 2.17. The van der Waals surface area contributed by atoms with Gasteiger partial charge in [0.2, 0.25) is 0 Å². The van der Waals surface area contributed by atoms with Crippen LogP contribution in [-0.2, 0) is 0 Å². The summed E-state index contributed by atoms with van der Waals surface area (Å²) in [5.74, 6) is 1.01. The molecule has 1 unspecified atom stereocenters. The van der Waals surface area contributed by atoms with Crippen LogP contribution in [-0.4, -0.2) is 11.5 Å². The van der Waals surface area contributed by atoms with Crippen molar-refractivity contribution in [1.29, 1.82) is 0 Å². The maximum absolute atomic E-state index is 5.88. The van der Waals surface area contributed by atoms with Crippen molar-refractivity contribution in [2.24, 2.45) is 11.7 Å². The Labute approximate surface area is 96.9 Å². The Kier molecular flexibility index (Phi) is 3.01. The van der Waals surface area contributed by atoms with E-state index in [2.05, 4.69) is 50.2 Å². The van der Waals surface area contributed by atoms with Gasteiger partial charge in [-0.05, 0) is 37.1 Å². The first kappa shape index (κ1) is 11.2. The molecule has 0 amide bonds. The number of benzene rings is 1. The number of hydrogen-bond acceptors (Lipinski definition) is 1. The number of nitrogens with two attached hydrogens (primary N) is 1. The number of aryl methyl sites for hydroxylation is 1. The van der Waals surface area contributed by atoms with Crippen LogP contribution in [0.4, 0.5) is 0 Å². The first-order chi connectivity index (χ1) is 7.63. The van der Waals surface area contributed by atoms with Crippen molar-refractivity contribution in [2.75, 3.05) is 6.54 Å². The Bertz CT molecular complexity index is 482. The molecule has 1 aromatic carbocycles. The lowest BCUT2D eigenvalue weighted by molar-refractivity contribution is 0.509. The first-order valence-corrected chi connectivity index (χ1v) is 5.91. The molecule has 2 nitrogen and oxygen atoms in total. The summed E-state index contributed by atoms with van der Waals surface area (Å²) < 4.78 is 0. The number of hydrogen-bond donors (Lipinski definition) is 2. The van der Waals surface area contributed by atoms with Crippen LogP contribution in [0.5, 0.6) is 0 Å². The second kappa shape index (κ2) is 4.30. The Hall–Kier alpha value is -1.28. The van der Waals surface area contributed by atoms with E-state index in [-0.39, 0.29) is 0 Å². The van der Waals surface area contributed by atoms with Crippen molar-refractivity contribution in [3.05, 3.63) is 35.5 Å². The first-order valence-electron chi connectivity index (χ1n) is 5.91. The predicted octanol–water partition coefficient (Wildman–Crippen LogP) is 3.17. The lowest BCUT2D eigenvalue weighted by Gasteiger charge is -2.18. The molecule has 2 aromatic rings. The van der Waals surface area contributed by atoms with Crippen molar-refractivity contribution in [3.63, 3.8) is 0 Å². The number of fused-ring (bicyclic) bond motifs is 1. The van der Waals surface area contributed by atoms with Crippen LogP contribution in [0.1, 0.15) is 30.9 Å². The Morgan fingerprint density at radius 3 is 2.69 bits per heavy atom. The molecule has 0 aliphatic carbocycles. The van der Waals surface area contributed by atoms with Crippen molar-refractivity contribution in [2.45, 2.75) is 26.7 Å². The third-order valence-corrected chi connectivity index (χ3v) is 3.33. The molecule has 0 saturated carbocycles. The van der Waals surface area contributed by atoms with Gasteiger partial charge in [-0.25, -0.2) is 0 Å². The highest BCUT2D eigenvalue weighted by atomic mass is 14.7. The Morgan fingerprint density at radius 1 is 1.31 bits per heavy atom. The number of rotatable bonds is 3. The fourth-order valence-corrected chi connectivity index (χ4v) is 2.32. The molecule has 1 atom stereocenters. The molecule has 0 saturated heterocycles. The number of aromatic amines is 1. The summed E-state index contributed by atoms with van der Waals surface area (Å²) in [5, 5.41) is 1.32. The van der Waals surface area contributed by atoms with Crippen LogP contribution in [0, 0.1) is 12.8 Å². The van der Waals surface area contributed by atoms with Crippen molar-refractivity contribution < 1.29 is 0 Å². The van der Waals surface area contributed by atoms with Gasteiger partial charge >= 0.3 is 0 Å². The molecule has 3 N–H and O–H groups in total. The fraction of sp³-hybridized carbons (Fsp3) is 0.429. The Morgan fingerprint density at radius 2 is 2.06 bits per heavy atom. The fourth-order valence-electron chi connectivity index (χ4n) is 2.32. The summed E-state index contributed by atoms with van der Waals surface area (Å²) in [6, 6.07) is 6.52. The molecule has 1 heterocycles. The van der Waals surface area contributed by atoms with Gasteiger partial charge in [0.05, 0.1) is 0 Å². The largest absolute Gasteiger partial charge is 0.361 e. The molecule has 86 valence electrons. The van der Waals surface area contributed by atoms with Gasteiger partial charge in [0.1, 0.15) is 0 Å². The minimum absolute atomic E-state index is 0.440. The van der Waals surface area contributed by atoms with E-state index in [1.165, 1.54) is 22.0 Å². The van der Waals surface area contributed by atoms with Crippen LogP contribution in [0.2, 0.25) is 0 Å². The lowest BCUT2D eigenvalue weighted by Crippen LogP contribution is -2.17. The van der Waals surface area contributed by atoms with Crippen LogP contribution in [0.15, 0.2) is 24.4 Å². The van der Waals surface area contributed by atoms with E-state index in [0.717, 1.165) is 0 Å². The molecule has 0 fully saturated rings. The molecule has 2 heteroatoms. The topological polar surface area (TPSA) is 41.8 Å². The second-order valence-corrected chi connectivity index (χ2v) is 4.88. The third kappa shape index (κ3) is 1.85. The minimum atomic E-state index is 0.440. The summed E-state index contributed by atoms with van der Waals surface area (Å²) in [5.41, 5.74) is 9.74. The second-order valence-electron chi connectivity index (χ2n) is 4.88. The minimum Gasteiger partial charge on any atom is -0.361 e. The van der Waals surface area contributed by atoms with E-state index >= 15 is 0 Å². The summed E-state index contributed by atoms with van der Waals surface area (Å²) in [6.07, 6.45) is 2.11. The van der Waals surface area contributed by atoms with Gasteiger partial charge in [0.15, 0.2) is 0 Å². The van der Waals surface area contributed by atoms with E-state index in [9.17, 15) is 0 Å². The molecule has 0 aliphatic rings. The predicted molar refractivity (Wildman–Crippen MR) is 69.7 cm³/mol. The van der Waals surface area contributed by atoms with Gasteiger partial charge in [-0.15, -0.1) is 0 Å². The van der Waals surface area contributed by atoms with Crippen molar-refractivity contribution in [1.82, 2.24) is 4.98 Å². The van der Waals surface area contributed by atoms with Gasteiger partial charge in [-0.3, -0.25) is 0 Å². The summed E-state index contributed by atoms with van der Waals surface area (Å²) in [7, 11) is 0. The summed E-state index contributed by atoms with van der Waals surface area (Å²) >= 11 is 0. The normalized spacial score (nSPS) is 13.6. The van der Waals surface area contributed by atoms with Crippen molar-refractivity contribution in [3.8, 4) is 0 Å².